The highest BCUT2D eigenvalue weighted by atomic mass is 35.5. The van der Waals surface area contributed by atoms with Crippen LogP contribution in [0, 0.1) is 19.3 Å². The van der Waals surface area contributed by atoms with Crippen molar-refractivity contribution in [3.63, 3.8) is 0 Å². The molecule has 1 aliphatic heterocycles. The summed E-state index contributed by atoms with van der Waals surface area (Å²) in [6.07, 6.45) is 4.24. The summed E-state index contributed by atoms with van der Waals surface area (Å²) >= 11 is 6.98. The van der Waals surface area contributed by atoms with Crippen LogP contribution in [0.15, 0.2) is 47.9 Å². The van der Waals surface area contributed by atoms with E-state index in [1.807, 2.05) is 51.7 Å². The molecule has 3 N–H and O–H groups in total. The van der Waals surface area contributed by atoms with Gasteiger partial charge >= 0.3 is 5.69 Å². The number of anilines is 2. The van der Waals surface area contributed by atoms with E-state index in [1.165, 1.54) is 16.9 Å². The number of nitrogen functional groups attached to an aromatic ring is 1. The maximum absolute atomic E-state index is 14.1. The topological polar surface area (TPSA) is 134 Å². The number of nitrogens with zero attached hydrogens (tertiary/aromatic N) is 6. The first-order valence-electron chi connectivity index (χ1n) is 14.2. The lowest BCUT2D eigenvalue weighted by Crippen LogP contribution is -2.54. The van der Waals surface area contributed by atoms with Crippen molar-refractivity contribution in [1.82, 2.24) is 24.4 Å². The van der Waals surface area contributed by atoms with Gasteiger partial charge in [-0.05, 0) is 62.1 Å². The van der Waals surface area contributed by atoms with Gasteiger partial charge in [-0.3, -0.25) is 9.78 Å². The molecular formula is C32H35ClN8O2. The number of hydrogen-bond donors (Lipinski definition) is 2. The number of hydrogen-bond acceptors (Lipinski definition) is 8. The first-order chi connectivity index (χ1) is 20.5. The third kappa shape index (κ3) is 5.16. The van der Waals surface area contributed by atoms with E-state index < -0.39 is 5.69 Å². The lowest BCUT2D eigenvalue weighted by molar-refractivity contribution is -0.126. The number of aromatic nitrogens is 4. The Morgan fingerprint density at radius 3 is 2.58 bits per heavy atom. The first-order valence-corrected chi connectivity index (χ1v) is 14.5. The van der Waals surface area contributed by atoms with Gasteiger partial charge in [0.15, 0.2) is 5.65 Å². The van der Waals surface area contributed by atoms with Gasteiger partial charge < -0.3 is 20.9 Å². The molecule has 1 atom stereocenters. The minimum absolute atomic E-state index is 0.0134. The van der Waals surface area contributed by atoms with Crippen molar-refractivity contribution < 1.29 is 4.79 Å². The number of amides is 1. The van der Waals surface area contributed by atoms with Crippen LogP contribution in [-0.2, 0) is 4.79 Å². The molecule has 0 saturated carbocycles. The molecule has 4 aromatic rings. The van der Waals surface area contributed by atoms with Crippen LogP contribution >= 0.6 is 11.6 Å². The smallest absolute Gasteiger partial charge is 0.355 e. The van der Waals surface area contributed by atoms with E-state index in [2.05, 4.69) is 16.5 Å². The molecule has 10 nitrogen and oxygen atoms in total. The van der Waals surface area contributed by atoms with E-state index >= 15 is 0 Å². The molecular weight excluding hydrogens is 564 g/mol. The molecule has 1 amide bonds. The van der Waals surface area contributed by atoms with Gasteiger partial charge in [-0.2, -0.15) is 4.98 Å². The van der Waals surface area contributed by atoms with E-state index in [-0.39, 0.29) is 17.9 Å². The van der Waals surface area contributed by atoms with Crippen LogP contribution in [0.4, 0.5) is 11.5 Å². The van der Waals surface area contributed by atoms with Gasteiger partial charge in [0, 0.05) is 54.9 Å². The second-order valence-corrected chi connectivity index (χ2v) is 11.6. The average molecular weight is 599 g/mol. The highest BCUT2D eigenvalue weighted by molar-refractivity contribution is 6.34. The molecule has 1 unspecified atom stereocenters. The number of carbonyl (C=O) groups excluding carboxylic acids is 1. The molecule has 0 spiro atoms. The number of nitrogens with two attached hydrogens (primary N) is 1. The fourth-order valence-electron chi connectivity index (χ4n) is 5.80. The summed E-state index contributed by atoms with van der Waals surface area (Å²) in [7, 11) is 0. The zero-order valence-electron chi connectivity index (χ0n) is 25.0. The summed E-state index contributed by atoms with van der Waals surface area (Å²) in [5.74, 6) is 0.320. The third-order valence-corrected chi connectivity index (χ3v) is 8.27. The Morgan fingerprint density at radius 2 is 1.93 bits per heavy atom. The van der Waals surface area contributed by atoms with E-state index in [9.17, 15) is 9.59 Å². The molecule has 5 rings (SSSR count). The highest BCUT2D eigenvalue weighted by Crippen LogP contribution is 2.38. The van der Waals surface area contributed by atoms with Crippen molar-refractivity contribution in [3.8, 4) is 16.9 Å². The van der Waals surface area contributed by atoms with Gasteiger partial charge in [0.1, 0.15) is 5.82 Å². The van der Waals surface area contributed by atoms with Crippen LogP contribution in [0.2, 0.25) is 5.02 Å². The van der Waals surface area contributed by atoms with Crippen molar-refractivity contribution in [3.05, 3.63) is 81.0 Å². The summed E-state index contributed by atoms with van der Waals surface area (Å²) in [5, 5.41) is 8.99. The third-order valence-electron chi connectivity index (χ3n) is 7.98. The van der Waals surface area contributed by atoms with Gasteiger partial charge in [-0.25, -0.2) is 14.3 Å². The highest BCUT2D eigenvalue weighted by Gasteiger charge is 2.30. The van der Waals surface area contributed by atoms with Crippen molar-refractivity contribution in [2.45, 2.75) is 46.6 Å². The first kappa shape index (κ1) is 29.9. The van der Waals surface area contributed by atoms with Crippen molar-refractivity contribution in [1.29, 1.82) is 5.41 Å². The molecule has 0 bridgehead atoms. The maximum Gasteiger partial charge on any atom is 0.355 e. The number of halogens is 1. The van der Waals surface area contributed by atoms with E-state index in [0.29, 0.717) is 69.7 Å². The van der Waals surface area contributed by atoms with Crippen LogP contribution in [0.1, 0.15) is 49.1 Å². The van der Waals surface area contributed by atoms with Crippen LogP contribution in [-0.4, -0.2) is 62.2 Å². The molecule has 1 saturated heterocycles. The molecule has 3 aromatic heterocycles. The zero-order chi connectivity index (χ0) is 31.2. The monoisotopic (exact) mass is 598 g/mol. The normalized spacial score (nSPS) is 15.3. The largest absolute Gasteiger partial charge is 0.398 e. The number of nitrogens with one attached hydrogen (secondary N) is 1. The number of rotatable bonds is 6. The Bertz CT molecular complexity index is 1850. The van der Waals surface area contributed by atoms with Gasteiger partial charge in [0.2, 0.25) is 5.91 Å². The second kappa shape index (κ2) is 11.6. The van der Waals surface area contributed by atoms with Crippen molar-refractivity contribution in [2.75, 3.05) is 30.3 Å². The Kier molecular flexibility index (Phi) is 8.07. The number of carbonyl (C=O) groups is 1. The van der Waals surface area contributed by atoms with Crippen molar-refractivity contribution in [2.24, 2.45) is 0 Å². The summed E-state index contributed by atoms with van der Waals surface area (Å²) in [4.78, 5) is 44.5. The summed E-state index contributed by atoms with van der Waals surface area (Å²) in [5.41, 5.74) is 11.1. The molecule has 4 heterocycles. The molecule has 0 radical (unpaired) electrons. The minimum atomic E-state index is -0.505. The van der Waals surface area contributed by atoms with E-state index in [4.69, 9.17) is 27.7 Å². The fourth-order valence-corrected chi connectivity index (χ4v) is 6.05. The Labute approximate surface area is 255 Å². The van der Waals surface area contributed by atoms with Crippen LogP contribution < -0.4 is 16.3 Å². The maximum atomic E-state index is 14.1. The Hall–Kier alpha value is -4.57. The lowest BCUT2D eigenvalue weighted by atomic mass is 9.97. The lowest BCUT2D eigenvalue weighted by Gasteiger charge is -2.40. The summed E-state index contributed by atoms with van der Waals surface area (Å²) < 4.78 is 1.52. The minimum Gasteiger partial charge on any atom is -0.398 e. The van der Waals surface area contributed by atoms with Gasteiger partial charge in [0.25, 0.3) is 0 Å². The predicted molar refractivity (Wildman–Crippen MR) is 173 cm³/mol. The van der Waals surface area contributed by atoms with Crippen LogP contribution in [0.25, 0.3) is 28.0 Å². The molecule has 43 heavy (non-hydrogen) atoms. The summed E-state index contributed by atoms with van der Waals surface area (Å²) in [6.45, 7) is 14.8. The zero-order valence-corrected chi connectivity index (χ0v) is 25.7. The number of aryl methyl sites for hydroxylation is 2. The van der Waals surface area contributed by atoms with Gasteiger partial charge in [-0.1, -0.05) is 38.1 Å². The van der Waals surface area contributed by atoms with Crippen molar-refractivity contribution >= 4 is 46.3 Å². The number of piperazine rings is 1. The average Bonchev–Trinajstić information content (AvgIpc) is 2.97. The molecule has 1 aromatic carbocycles. The van der Waals surface area contributed by atoms with Crippen LogP contribution in [0.5, 0.6) is 0 Å². The number of fused-ring (bicyclic) bond motifs is 1. The van der Waals surface area contributed by atoms with E-state index in [0.717, 1.165) is 16.8 Å². The Morgan fingerprint density at radius 1 is 1.19 bits per heavy atom. The molecule has 0 aliphatic carbocycles. The Balaban J connectivity index is 1.86. The van der Waals surface area contributed by atoms with Crippen LogP contribution in [0.3, 0.4) is 0 Å². The standard InChI is InChI=1S/C32H35ClN8O2/c1-7-25(42)39-12-13-40(20(6)16-39)30-21-14-23(33)28(26-18(4)8-9-24(35)22(26)15-34)37-31(21)41(32(43)38-30)29-19(5)10-11-36-27(29)17(2)3/h7-11,14-15,17,20,34H,1,12-13,16,35H2,2-6H3. The number of benzene rings is 1. The molecule has 1 fully saturated rings. The summed E-state index contributed by atoms with van der Waals surface area (Å²) in [6, 6.07) is 7.10. The SMILES string of the molecule is C=CC(=O)N1CCN(c2nc(=O)n(-c3c(C)ccnc3C(C)C)c3nc(-c4c(C)ccc(N)c4C=N)c(Cl)cc23)C(C)C1. The van der Waals surface area contributed by atoms with E-state index in [1.54, 1.807) is 23.2 Å². The molecule has 222 valence electrons. The number of pyridine rings is 2. The second-order valence-electron chi connectivity index (χ2n) is 11.2. The molecule has 1 aliphatic rings. The molecule has 11 heteroatoms. The van der Waals surface area contributed by atoms with Gasteiger partial charge in [-0.15, -0.1) is 0 Å². The quantitative estimate of drug-likeness (QED) is 0.180. The fraction of sp³-hybridized carbons (Fsp3) is 0.312. The predicted octanol–water partition coefficient (Wildman–Crippen LogP) is 5.04. The van der Waals surface area contributed by atoms with Gasteiger partial charge in [0.05, 0.1) is 27.5 Å².